The third-order valence-corrected chi connectivity index (χ3v) is 3.93. The van der Waals surface area contributed by atoms with Gasteiger partial charge in [0.15, 0.2) is 0 Å². The van der Waals surface area contributed by atoms with E-state index in [1.54, 1.807) is 12.1 Å². The smallest absolute Gasteiger partial charge is 0.336 e. The Labute approximate surface area is 113 Å². The molecule has 0 atom stereocenters. The van der Waals surface area contributed by atoms with Gasteiger partial charge in [-0.05, 0) is 67.1 Å². The lowest BCUT2D eigenvalue weighted by Crippen LogP contribution is -2.02. The minimum atomic E-state index is -0.883. The Balaban J connectivity index is 2.77. The van der Waals surface area contributed by atoms with E-state index in [-0.39, 0.29) is 0 Å². The number of aryl methyl sites for hydroxylation is 1. The van der Waals surface area contributed by atoms with Gasteiger partial charge in [-0.15, -0.1) is 0 Å². The monoisotopic (exact) mass is 254 g/mol. The first-order valence-corrected chi connectivity index (χ1v) is 6.33. The third-order valence-electron chi connectivity index (χ3n) is 3.93. The van der Waals surface area contributed by atoms with Crippen LogP contribution in [0.15, 0.2) is 30.3 Å². The van der Waals surface area contributed by atoms with Crippen molar-refractivity contribution in [1.29, 1.82) is 0 Å². The molecule has 1 N–H and O–H groups in total. The van der Waals surface area contributed by atoms with Crippen LogP contribution in [0, 0.1) is 27.7 Å². The van der Waals surface area contributed by atoms with E-state index in [9.17, 15) is 9.90 Å². The summed E-state index contributed by atoms with van der Waals surface area (Å²) in [5, 5.41) is 9.31. The molecule has 2 rings (SSSR count). The topological polar surface area (TPSA) is 37.3 Å². The van der Waals surface area contributed by atoms with E-state index in [1.165, 1.54) is 16.7 Å². The van der Waals surface area contributed by atoms with E-state index in [2.05, 4.69) is 33.8 Å². The van der Waals surface area contributed by atoms with Gasteiger partial charge in [0.25, 0.3) is 0 Å². The molecule has 0 aliphatic rings. The van der Waals surface area contributed by atoms with Crippen molar-refractivity contribution in [2.75, 3.05) is 0 Å². The SMILES string of the molecule is Cc1cc(-c2ccccc2C(=O)O)c(C)c(C)c1C. The van der Waals surface area contributed by atoms with Gasteiger partial charge in [-0.2, -0.15) is 0 Å². The zero-order chi connectivity index (χ0) is 14.2. The van der Waals surface area contributed by atoms with Gasteiger partial charge in [0.05, 0.1) is 5.56 Å². The normalized spacial score (nSPS) is 10.5. The summed E-state index contributed by atoms with van der Waals surface area (Å²) in [6, 6.07) is 9.25. The van der Waals surface area contributed by atoms with E-state index in [0.29, 0.717) is 5.56 Å². The average molecular weight is 254 g/mol. The second-order valence-electron chi connectivity index (χ2n) is 4.97. The Hall–Kier alpha value is -2.09. The lowest BCUT2D eigenvalue weighted by atomic mass is 9.89. The number of aromatic carboxylic acids is 1. The highest BCUT2D eigenvalue weighted by molar-refractivity contribution is 5.96. The van der Waals surface area contributed by atoms with Gasteiger partial charge in [-0.3, -0.25) is 0 Å². The van der Waals surface area contributed by atoms with Crippen LogP contribution in [0.4, 0.5) is 0 Å². The molecule has 98 valence electrons. The predicted octanol–water partition coefficient (Wildman–Crippen LogP) is 4.29. The summed E-state index contributed by atoms with van der Waals surface area (Å²) in [4.78, 5) is 11.3. The number of hydrogen-bond donors (Lipinski definition) is 1. The van der Waals surface area contributed by atoms with Crippen LogP contribution >= 0.6 is 0 Å². The molecule has 0 amide bonds. The summed E-state index contributed by atoms with van der Waals surface area (Å²) in [5.74, 6) is -0.883. The Kier molecular flexibility index (Phi) is 3.43. The fraction of sp³-hybridized carbons (Fsp3) is 0.235. The number of benzene rings is 2. The number of carboxylic acids is 1. The number of hydrogen-bond acceptors (Lipinski definition) is 1. The average Bonchev–Trinajstić information content (AvgIpc) is 2.40. The van der Waals surface area contributed by atoms with Gasteiger partial charge in [-0.1, -0.05) is 24.3 Å². The fourth-order valence-corrected chi connectivity index (χ4v) is 2.40. The van der Waals surface area contributed by atoms with Crippen LogP contribution in [0.25, 0.3) is 11.1 Å². The van der Waals surface area contributed by atoms with Crippen LogP contribution < -0.4 is 0 Å². The summed E-state index contributed by atoms with van der Waals surface area (Å²) in [7, 11) is 0. The van der Waals surface area contributed by atoms with Gasteiger partial charge in [0, 0.05) is 0 Å². The zero-order valence-corrected chi connectivity index (χ0v) is 11.7. The highest BCUT2D eigenvalue weighted by atomic mass is 16.4. The van der Waals surface area contributed by atoms with E-state index in [4.69, 9.17) is 0 Å². The molecule has 0 saturated heterocycles. The molecule has 0 aliphatic heterocycles. The Morgan fingerprint density at radius 3 is 2.16 bits per heavy atom. The van der Waals surface area contributed by atoms with Gasteiger partial charge in [-0.25, -0.2) is 4.79 Å². The first-order chi connectivity index (χ1) is 8.93. The summed E-state index contributed by atoms with van der Waals surface area (Å²) >= 11 is 0. The van der Waals surface area contributed by atoms with Crippen molar-refractivity contribution in [3.8, 4) is 11.1 Å². The van der Waals surface area contributed by atoms with E-state index in [0.717, 1.165) is 16.7 Å². The Morgan fingerprint density at radius 1 is 0.895 bits per heavy atom. The summed E-state index contributed by atoms with van der Waals surface area (Å²) in [5.41, 5.74) is 7.00. The highest BCUT2D eigenvalue weighted by Gasteiger charge is 2.15. The molecule has 0 aromatic heterocycles. The van der Waals surface area contributed by atoms with E-state index in [1.807, 2.05) is 12.1 Å². The number of carboxylic acid groups (broad SMARTS) is 1. The van der Waals surface area contributed by atoms with Gasteiger partial charge in [0.2, 0.25) is 0 Å². The van der Waals surface area contributed by atoms with Crippen LogP contribution in [0.5, 0.6) is 0 Å². The third kappa shape index (κ3) is 2.26. The predicted molar refractivity (Wildman–Crippen MR) is 77.8 cm³/mol. The lowest BCUT2D eigenvalue weighted by Gasteiger charge is -2.16. The van der Waals surface area contributed by atoms with Gasteiger partial charge < -0.3 is 5.11 Å². The molecular weight excluding hydrogens is 236 g/mol. The molecule has 0 radical (unpaired) electrons. The van der Waals surface area contributed by atoms with Crippen LogP contribution in [0.3, 0.4) is 0 Å². The van der Waals surface area contributed by atoms with Crippen LogP contribution in [0.1, 0.15) is 32.6 Å². The molecule has 2 aromatic rings. The van der Waals surface area contributed by atoms with Crippen molar-refractivity contribution in [1.82, 2.24) is 0 Å². The van der Waals surface area contributed by atoms with E-state index >= 15 is 0 Å². The molecule has 2 heteroatoms. The minimum Gasteiger partial charge on any atom is -0.478 e. The summed E-state index contributed by atoms with van der Waals surface area (Å²) < 4.78 is 0. The van der Waals surface area contributed by atoms with Crippen molar-refractivity contribution in [3.63, 3.8) is 0 Å². The molecule has 0 heterocycles. The molecule has 0 saturated carbocycles. The Morgan fingerprint density at radius 2 is 1.53 bits per heavy atom. The number of rotatable bonds is 2. The van der Waals surface area contributed by atoms with Gasteiger partial charge >= 0.3 is 5.97 Å². The van der Waals surface area contributed by atoms with Crippen molar-refractivity contribution >= 4 is 5.97 Å². The maximum absolute atomic E-state index is 11.3. The molecule has 0 aliphatic carbocycles. The van der Waals surface area contributed by atoms with Crippen molar-refractivity contribution in [2.24, 2.45) is 0 Å². The first-order valence-electron chi connectivity index (χ1n) is 6.33. The van der Waals surface area contributed by atoms with E-state index < -0.39 is 5.97 Å². The quantitative estimate of drug-likeness (QED) is 0.868. The molecule has 0 fully saturated rings. The molecule has 2 aromatic carbocycles. The zero-order valence-electron chi connectivity index (χ0n) is 11.7. The second-order valence-corrected chi connectivity index (χ2v) is 4.97. The summed E-state index contributed by atoms with van der Waals surface area (Å²) in [6.07, 6.45) is 0. The maximum atomic E-state index is 11.3. The molecule has 0 unspecified atom stereocenters. The second kappa shape index (κ2) is 4.88. The largest absolute Gasteiger partial charge is 0.478 e. The van der Waals surface area contributed by atoms with Crippen LogP contribution in [-0.4, -0.2) is 11.1 Å². The van der Waals surface area contributed by atoms with Crippen LogP contribution in [-0.2, 0) is 0 Å². The minimum absolute atomic E-state index is 0.355. The fourth-order valence-electron chi connectivity index (χ4n) is 2.40. The van der Waals surface area contributed by atoms with Crippen molar-refractivity contribution < 1.29 is 9.90 Å². The molecular formula is C17H18O2. The van der Waals surface area contributed by atoms with Crippen molar-refractivity contribution in [2.45, 2.75) is 27.7 Å². The first kappa shape index (κ1) is 13.3. The molecule has 0 bridgehead atoms. The summed E-state index contributed by atoms with van der Waals surface area (Å²) in [6.45, 7) is 8.31. The standard InChI is InChI=1S/C17H18O2/c1-10-9-16(13(4)12(3)11(10)2)14-7-5-6-8-15(14)17(18)19/h5-9H,1-4H3,(H,18,19). The maximum Gasteiger partial charge on any atom is 0.336 e. The molecule has 0 spiro atoms. The lowest BCUT2D eigenvalue weighted by molar-refractivity contribution is 0.0697. The highest BCUT2D eigenvalue weighted by Crippen LogP contribution is 2.31. The number of carbonyl (C=O) groups is 1. The molecule has 2 nitrogen and oxygen atoms in total. The molecule has 19 heavy (non-hydrogen) atoms. The van der Waals surface area contributed by atoms with Crippen molar-refractivity contribution in [3.05, 3.63) is 58.1 Å². The van der Waals surface area contributed by atoms with Crippen LogP contribution in [0.2, 0.25) is 0 Å². The van der Waals surface area contributed by atoms with Gasteiger partial charge in [0.1, 0.15) is 0 Å². The Bertz CT molecular complexity index is 655.